The number of H-pyrrole nitrogens is 1. The Morgan fingerprint density at radius 2 is 2.32 bits per heavy atom. The fourth-order valence-electron chi connectivity index (χ4n) is 2.53. The number of nitrogens with one attached hydrogen (secondary N) is 2. The van der Waals surface area contributed by atoms with Crippen molar-refractivity contribution in [2.24, 2.45) is 0 Å². The molecule has 1 unspecified atom stereocenters. The highest BCUT2D eigenvalue weighted by Crippen LogP contribution is 2.27. The Balaban J connectivity index is 1.81. The van der Waals surface area contributed by atoms with Gasteiger partial charge >= 0.3 is 0 Å². The summed E-state index contributed by atoms with van der Waals surface area (Å²) < 4.78 is 5.22. The Morgan fingerprint density at radius 1 is 1.42 bits per heavy atom. The molecular formula is C14H22N2O3. The number of aromatic nitrogens is 1. The van der Waals surface area contributed by atoms with Crippen LogP contribution in [0.15, 0.2) is 16.9 Å². The summed E-state index contributed by atoms with van der Waals surface area (Å²) in [6.07, 6.45) is 4.10. The molecule has 19 heavy (non-hydrogen) atoms. The normalized spacial score (nSPS) is 18.3. The molecule has 0 radical (unpaired) electrons. The fraction of sp³-hybridized carbons (Fsp3) is 0.643. The predicted molar refractivity (Wildman–Crippen MR) is 73.3 cm³/mol. The first-order valence-electron chi connectivity index (χ1n) is 6.95. The summed E-state index contributed by atoms with van der Waals surface area (Å²) in [5.74, 6) is 0. The van der Waals surface area contributed by atoms with Crippen molar-refractivity contribution in [3.8, 4) is 0 Å². The molecule has 1 aliphatic rings. The van der Waals surface area contributed by atoms with Crippen LogP contribution in [-0.4, -0.2) is 36.5 Å². The molecule has 0 bridgehead atoms. The zero-order valence-electron chi connectivity index (χ0n) is 11.2. The second kappa shape index (κ2) is 7.43. The third-order valence-corrected chi connectivity index (χ3v) is 3.42. The zero-order chi connectivity index (χ0) is 13.5. The van der Waals surface area contributed by atoms with Crippen LogP contribution in [0, 0.1) is 0 Å². The van der Waals surface area contributed by atoms with Crippen LogP contribution in [0.5, 0.6) is 0 Å². The molecule has 3 N–H and O–H groups in total. The SMILES string of the molecule is O=c1ccc2c([nH]1)CCCC2NCCCOCCO. The summed E-state index contributed by atoms with van der Waals surface area (Å²) >= 11 is 0. The Morgan fingerprint density at radius 3 is 3.16 bits per heavy atom. The van der Waals surface area contributed by atoms with Crippen molar-refractivity contribution in [1.29, 1.82) is 0 Å². The highest BCUT2D eigenvalue weighted by atomic mass is 16.5. The van der Waals surface area contributed by atoms with Crippen molar-refractivity contribution in [2.75, 3.05) is 26.4 Å². The number of aliphatic hydroxyl groups excluding tert-OH is 1. The molecule has 1 aromatic rings. The number of rotatable bonds is 7. The van der Waals surface area contributed by atoms with Gasteiger partial charge < -0.3 is 20.1 Å². The average Bonchev–Trinajstić information content (AvgIpc) is 2.42. The minimum absolute atomic E-state index is 0.0168. The molecule has 1 aliphatic carbocycles. The molecule has 0 spiro atoms. The van der Waals surface area contributed by atoms with E-state index in [1.165, 1.54) is 5.56 Å². The quantitative estimate of drug-likeness (QED) is 0.636. The number of pyridine rings is 1. The zero-order valence-corrected chi connectivity index (χ0v) is 11.2. The average molecular weight is 266 g/mol. The van der Waals surface area contributed by atoms with E-state index in [0.29, 0.717) is 19.3 Å². The van der Waals surface area contributed by atoms with E-state index in [2.05, 4.69) is 10.3 Å². The second-order valence-corrected chi connectivity index (χ2v) is 4.84. The molecule has 0 aliphatic heterocycles. The van der Waals surface area contributed by atoms with Crippen molar-refractivity contribution in [1.82, 2.24) is 10.3 Å². The highest BCUT2D eigenvalue weighted by Gasteiger charge is 2.19. The van der Waals surface area contributed by atoms with Crippen molar-refractivity contribution in [3.05, 3.63) is 33.7 Å². The van der Waals surface area contributed by atoms with Crippen molar-refractivity contribution in [2.45, 2.75) is 31.7 Å². The first kappa shape index (κ1) is 14.2. The van der Waals surface area contributed by atoms with Gasteiger partial charge in [0.2, 0.25) is 5.56 Å². The van der Waals surface area contributed by atoms with Crippen molar-refractivity contribution in [3.63, 3.8) is 0 Å². The van der Waals surface area contributed by atoms with E-state index in [1.807, 2.05) is 6.07 Å². The van der Waals surface area contributed by atoms with Gasteiger partial charge in [0.1, 0.15) is 0 Å². The van der Waals surface area contributed by atoms with E-state index in [0.717, 1.165) is 37.9 Å². The third kappa shape index (κ3) is 4.16. The molecular weight excluding hydrogens is 244 g/mol. The number of aromatic amines is 1. The van der Waals surface area contributed by atoms with E-state index in [1.54, 1.807) is 6.07 Å². The summed E-state index contributed by atoms with van der Waals surface area (Å²) in [5.41, 5.74) is 2.28. The van der Waals surface area contributed by atoms with Gasteiger partial charge in [-0.3, -0.25) is 4.79 Å². The Hall–Kier alpha value is -1.17. The minimum Gasteiger partial charge on any atom is -0.394 e. The number of aliphatic hydroxyl groups is 1. The van der Waals surface area contributed by atoms with Crippen LogP contribution < -0.4 is 10.9 Å². The lowest BCUT2D eigenvalue weighted by Crippen LogP contribution is -2.28. The predicted octanol–water partition coefficient (Wildman–Crippen LogP) is 0.741. The molecule has 0 saturated heterocycles. The van der Waals surface area contributed by atoms with Crippen molar-refractivity contribution < 1.29 is 9.84 Å². The van der Waals surface area contributed by atoms with Gasteiger partial charge in [-0.1, -0.05) is 6.07 Å². The summed E-state index contributed by atoms with van der Waals surface area (Å²) in [6, 6.07) is 3.87. The van der Waals surface area contributed by atoms with Gasteiger partial charge in [-0.15, -0.1) is 0 Å². The Labute approximate surface area is 113 Å². The van der Waals surface area contributed by atoms with E-state index in [4.69, 9.17) is 9.84 Å². The summed E-state index contributed by atoms with van der Waals surface area (Å²) in [6.45, 7) is 2.04. The third-order valence-electron chi connectivity index (χ3n) is 3.42. The van der Waals surface area contributed by atoms with Gasteiger partial charge in [0.25, 0.3) is 0 Å². The largest absolute Gasteiger partial charge is 0.394 e. The van der Waals surface area contributed by atoms with E-state index >= 15 is 0 Å². The lowest BCUT2D eigenvalue weighted by molar-refractivity contribution is 0.0903. The molecule has 2 rings (SSSR count). The number of ether oxygens (including phenoxy) is 1. The van der Waals surface area contributed by atoms with Crippen molar-refractivity contribution >= 4 is 0 Å². The molecule has 1 aromatic heterocycles. The molecule has 5 heteroatoms. The first-order valence-corrected chi connectivity index (χ1v) is 6.95. The summed E-state index contributed by atoms with van der Waals surface area (Å²) in [4.78, 5) is 14.2. The number of hydrogen-bond donors (Lipinski definition) is 3. The first-order chi connectivity index (χ1) is 9.31. The molecule has 106 valence electrons. The lowest BCUT2D eigenvalue weighted by atomic mass is 9.91. The van der Waals surface area contributed by atoms with Gasteiger partial charge in [-0.05, 0) is 37.8 Å². The highest BCUT2D eigenvalue weighted by molar-refractivity contribution is 5.26. The fourth-order valence-corrected chi connectivity index (χ4v) is 2.53. The van der Waals surface area contributed by atoms with Crippen LogP contribution in [0.1, 0.15) is 36.6 Å². The van der Waals surface area contributed by atoms with Crippen LogP contribution in [-0.2, 0) is 11.2 Å². The molecule has 0 saturated carbocycles. The van der Waals surface area contributed by atoms with Crippen LogP contribution in [0.3, 0.4) is 0 Å². The van der Waals surface area contributed by atoms with Gasteiger partial charge in [-0.2, -0.15) is 0 Å². The molecule has 5 nitrogen and oxygen atoms in total. The number of fused-ring (bicyclic) bond motifs is 1. The molecule has 1 heterocycles. The molecule has 0 fully saturated rings. The topological polar surface area (TPSA) is 74.4 Å². The maximum Gasteiger partial charge on any atom is 0.248 e. The maximum atomic E-state index is 11.3. The minimum atomic E-state index is -0.0168. The van der Waals surface area contributed by atoms with Gasteiger partial charge in [0.05, 0.1) is 13.2 Å². The van der Waals surface area contributed by atoms with E-state index in [-0.39, 0.29) is 12.2 Å². The Kier molecular flexibility index (Phi) is 5.57. The van der Waals surface area contributed by atoms with E-state index in [9.17, 15) is 4.79 Å². The smallest absolute Gasteiger partial charge is 0.248 e. The molecule has 0 amide bonds. The molecule has 1 atom stereocenters. The van der Waals surface area contributed by atoms with Gasteiger partial charge in [0.15, 0.2) is 0 Å². The summed E-state index contributed by atoms with van der Waals surface area (Å²) in [5, 5.41) is 12.1. The van der Waals surface area contributed by atoms with Crippen LogP contribution in [0.2, 0.25) is 0 Å². The second-order valence-electron chi connectivity index (χ2n) is 4.84. The summed E-state index contributed by atoms with van der Waals surface area (Å²) in [7, 11) is 0. The van der Waals surface area contributed by atoms with Crippen LogP contribution >= 0.6 is 0 Å². The van der Waals surface area contributed by atoms with Crippen LogP contribution in [0.25, 0.3) is 0 Å². The van der Waals surface area contributed by atoms with Gasteiger partial charge in [0, 0.05) is 24.4 Å². The van der Waals surface area contributed by atoms with Gasteiger partial charge in [-0.25, -0.2) is 0 Å². The lowest BCUT2D eigenvalue weighted by Gasteiger charge is -2.26. The monoisotopic (exact) mass is 266 g/mol. The number of hydrogen-bond acceptors (Lipinski definition) is 4. The Bertz CT molecular complexity index is 445. The maximum absolute atomic E-state index is 11.3. The molecule has 0 aromatic carbocycles. The number of aryl methyl sites for hydroxylation is 1. The van der Waals surface area contributed by atoms with Crippen LogP contribution in [0.4, 0.5) is 0 Å². The van der Waals surface area contributed by atoms with E-state index < -0.39 is 0 Å². The standard InChI is InChI=1S/C14H22N2O3/c17-8-10-19-9-2-7-15-12-3-1-4-13-11(12)5-6-14(18)16-13/h5-6,12,15,17H,1-4,7-10H2,(H,16,18).